The molecule has 8 heterocycles. The Bertz CT molecular complexity index is 1830. The van der Waals surface area contributed by atoms with Gasteiger partial charge in [0.1, 0.15) is 0 Å². The van der Waals surface area contributed by atoms with Gasteiger partial charge in [0.2, 0.25) is 0 Å². The normalized spacial score (nSPS) is 29.4. The van der Waals surface area contributed by atoms with E-state index in [0.29, 0.717) is 25.3 Å². The molecule has 0 spiro atoms. The molecule has 6 aliphatic rings. The van der Waals surface area contributed by atoms with Gasteiger partial charge in [-0.2, -0.15) is 0 Å². The summed E-state index contributed by atoms with van der Waals surface area (Å²) in [6, 6.07) is 31.3. The highest BCUT2D eigenvalue weighted by Crippen LogP contribution is 2.46. The number of piperidine rings is 6. The van der Waals surface area contributed by atoms with Gasteiger partial charge in [0.05, 0.1) is 36.5 Å². The van der Waals surface area contributed by atoms with E-state index in [9.17, 15) is 0 Å². The van der Waals surface area contributed by atoms with E-state index in [-0.39, 0.29) is 12.2 Å². The van der Waals surface area contributed by atoms with Gasteiger partial charge in [0.15, 0.2) is 0 Å². The summed E-state index contributed by atoms with van der Waals surface area (Å²) in [4.78, 5) is 14.9. The zero-order valence-corrected chi connectivity index (χ0v) is 30.9. The average Bonchev–Trinajstić information content (AvgIpc) is 3.22. The lowest BCUT2D eigenvalue weighted by Crippen LogP contribution is -2.55. The summed E-state index contributed by atoms with van der Waals surface area (Å²) < 4.78 is 14.1. The topological polar surface area (TPSA) is 50.7 Å². The molecule has 6 nitrogen and oxygen atoms in total. The van der Waals surface area contributed by atoms with Crippen LogP contribution in [0.3, 0.4) is 0 Å². The number of hydrogen-bond acceptors (Lipinski definition) is 6. The molecular formula is C46H54N4O2. The van der Waals surface area contributed by atoms with Crippen molar-refractivity contribution in [1.29, 1.82) is 0 Å². The Morgan fingerprint density at radius 3 is 1.44 bits per heavy atom. The second kappa shape index (κ2) is 15.0. The Hall–Kier alpha value is -3.68. The van der Waals surface area contributed by atoms with Crippen LogP contribution in [0, 0.1) is 23.7 Å². The summed E-state index contributed by atoms with van der Waals surface area (Å²) in [6.45, 7) is 10.6. The monoisotopic (exact) mass is 694 g/mol. The summed E-state index contributed by atoms with van der Waals surface area (Å²) in [6.07, 6.45) is 11.5. The van der Waals surface area contributed by atoms with Gasteiger partial charge < -0.3 is 9.47 Å². The Labute approximate surface area is 309 Å². The van der Waals surface area contributed by atoms with Crippen molar-refractivity contribution in [3.05, 3.63) is 120 Å². The zero-order valence-electron chi connectivity index (χ0n) is 30.9. The fourth-order valence-corrected chi connectivity index (χ4v) is 10.6. The van der Waals surface area contributed by atoms with Gasteiger partial charge in [-0.15, -0.1) is 0 Å². The van der Waals surface area contributed by atoms with Crippen LogP contribution in [0.1, 0.15) is 86.8 Å². The van der Waals surface area contributed by atoms with Gasteiger partial charge in [-0.3, -0.25) is 19.8 Å². The van der Waals surface area contributed by atoms with Crippen LogP contribution in [0.5, 0.6) is 0 Å². The summed E-state index contributed by atoms with van der Waals surface area (Å²) in [5.41, 5.74) is 7.03. The first-order valence-electron chi connectivity index (χ1n) is 20.1. The Morgan fingerprint density at radius 1 is 0.596 bits per heavy atom. The molecule has 5 aromatic rings. The third-order valence-corrected chi connectivity index (χ3v) is 13.5. The van der Waals surface area contributed by atoms with E-state index in [4.69, 9.17) is 19.4 Å². The predicted octanol–water partition coefficient (Wildman–Crippen LogP) is 9.54. The molecule has 2 aromatic heterocycles. The summed E-state index contributed by atoms with van der Waals surface area (Å²) >= 11 is 0. The molecule has 6 fully saturated rings. The molecule has 3 aromatic carbocycles. The van der Waals surface area contributed by atoms with Crippen molar-refractivity contribution < 1.29 is 9.47 Å². The van der Waals surface area contributed by atoms with E-state index in [1.807, 2.05) is 12.4 Å². The zero-order chi connectivity index (χ0) is 35.0. The first-order chi connectivity index (χ1) is 25.7. The number of ether oxygens (including phenoxy) is 2. The summed E-state index contributed by atoms with van der Waals surface area (Å²) in [5, 5.41) is 2.42. The Balaban J connectivity index is 0.934. The smallest absolute Gasteiger partial charge is 0.0991 e. The summed E-state index contributed by atoms with van der Waals surface area (Å²) in [7, 11) is 0. The molecule has 11 rings (SSSR count). The number of fused-ring (bicyclic) bond motifs is 8. The van der Waals surface area contributed by atoms with Crippen molar-refractivity contribution in [2.45, 2.75) is 89.9 Å². The number of benzene rings is 3. The van der Waals surface area contributed by atoms with Crippen molar-refractivity contribution in [1.82, 2.24) is 19.8 Å². The Morgan fingerprint density at radius 2 is 1.04 bits per heavy atom. The number of rotatable bonds is 12. The molecule has 6 saturated heterocycles. The average molecular weight is 695 g/mol. The second-order valence-electron chi connectivity index (χ2n) is 16.1. The van der Waals surface area contributed by atoms with Crippen LogP contribution in [0.2, 0.25) is 0 Å². The number of hydrogen-bond donors (Lipinski definition) is 0. The van der Waals surface area contributed by atoms with Crippen molar-refractivity contribution in [2.24, 2.45) is 23.7 Å². The molecule has 0 radical (unpaired) electrons. The van der Waals surface area contributed by atoms with Crippen molar-refractivity contribution in [2.75, 3.05) is 26.2 Å². The predicted molar refractivity (Wildman–Crippen MR) is 209 cm³/mol. The third-order valence-electron chi connectivity index (χ3n) is 13.5. The van der Waals surface area contributed by atoms with Gasteiger partial charge >= 0.3 is 0 Å². The number of para-hydroxylation sites is 2. The highest BCUT2D eigenvalue weighted by molar-refractivity contribution is 5.83. The van der Waals surface area contributed by atoms with Crippen LogP contribution < -0.4 is 0 Å². The van der Waals surface area contributed by atoms with Gasteiger partial charge in [-0.25, -0.2) is 0 Å². The first kappa shape index (κ1) is 34.1. The second-order valence-corrected chi connectivity index (χ2v) is 16.1. The van der Waals surface area contributed by atoms with Crippen LogP contribution in [-0.2, 0) is 22.7 Å². The summed E-state index contributed by atoms with van der Waals surface area (Å²) in [5.74, 6) is 3.21. The molecule has 0 aliphatic carbocycles. The van der Waals surface area contributed by atoms with Gasteiger partial charge in [0, 0.05) is 48.3 Å². The molecule has 0 amide bonds. The quantitative estimate of drug-likeness (QED) is 0.130. The maximum Gasteiger partial charge on any atom is 0.0991 e. The number of nitrogens with zero attached hydrogens (tertiary/aromatic N) is 4. The SMILES string of the molecule is CC[C@H]1CN2CC[C@H]1C[C@H]2[C@H](OCc1ccc(CO[C@H](c2ccnc3ccccc23)[C@@H]2C[C@@H]3CCN2C[C@@H]3CC)cc1)c1ccnc2ccccc12. The lowest BCUT2D eigenvalue weighted by atomic mass is 9.72. The largest absolute Gasteiger partial charge is 0.367 e. The molecule has 4 bridgehead atoms. The highest BCUT2D eigenvalue weighted by Gasteiger charge is 2.45. The molecule has 0 saturated carbocycles. The minimum Gasteiger partial charge on any atom is -0.367 e. The van der Waals surface area contributed by atoms with Crippen LogP contribution in [0.4, 0.5) is 0 Å². The number of pyridine rings is 2. The maximum absolute atomic E-state index is 7.03. The molecule has 6 aliphatic heterocycles. The molecule has 10 atom stereocenters. The standard InChI is InChI=1S/C46H54N4O2/c1-3-33-27-49-23-19-35(33)25-43(49)45(39-17-21-47-41-11-7-5-9-37(39)41)51-29-31-13-15-32(16-14-31)30-52-46(40-18-22-48-42-12-8-6-10-38(40)42)44-26-36-20-24-50(44)28-34(36)4-2/h5-18,21-22,33-36,43-46H,3-4,19-20,23-30H2,1-2H3/t33-,34-,35-,36-,43-,44-,45+,46+/m0/s1. The molecule has 6 heteroatoms. The van der Waals surface area contributed by atoms with Crippen LogP contribution in [0.25, 0.3) is 21.8 Å². The Kier molecular flexibility index (Phi) is 9.83. The fourth-order valence-electron chi connectivity index (χ4n) is 10.6. The maximum atomic E-state index is 7.03. The lowest BCUT2D eigenvalue weighted by Gasteiger charge is -2.52. The molecule has 270 valence electrons. The first-order valence-corrected chi connectivity index (χ1v) is 20.1. The van der Waals surface area contributed by atoms with E-state index in [2.05, 4.69) is 109 Å². The van der Waals surface area contributed by atoms with E-state index in [1.54, 1.807) is 0 Å². The highest BCUT2D eigenvalue weighted by atomic mass is 16.5. The fraction of sp³-hybridized carbons (Fsp3) is 0.478. The van der Waals surface area contributed by atoms with Crippen LogP contribution >= 0.6 is 0 Å². The van der Waals surface area contributed by atoms with E-state index in [1.165, 1.54) is 97.7 Å². The van der Waals surface area contributed by atoms with E-state index in [0.717, 1.165) is 34.7 Å². The molecular weight excluding hydrogens is 641 g/mol. The minimum absolute atomic E-state index is 0.000546. The van der Waals surface area contributed by atoms with E-state index < -0.39 is 0 Å². The molecule has 2 unspecified atom stereocenters. The lowest BCUT2D eigenvalue weighted by molar-refractivity contribution is -0.0883. The minimum atomic E-state index is 0.000546. The van der Waals surface area contributed by atoms with E-state index >= 15 is 0 Å². The van der Waals surface area contributed by atoms with Gasteiger partial charge in [0.25, 0.3) is 0 Å². The third kappa shape index (κ3) is 6.57. The molecule has 52 heavy (non-hydrogen) atoms. The van der Waals surface area contributed by atoms with Crippen LogP contribution in [-0.4, -0.2) is 58.0 Å². The van der Waals surface area contributed by atoms with Crippen molar-refractivity contribution >= 4 is 21.8 Å². The van der Waals surface area contributed by atoms with Crippen molar-refractivity contribution in [3.8, 4) is 0 Å². The van der Waals surface area contributed by atoms with Crippen molar-refractivity contribution in [3.63, 3.8) is 0 Å². The number of aromatic nitrogens is 2. The van der Waals surface area contributed by atoms with Gasteiger partial charge in [-0.1, -0.05) is 87.4 Å². The van der Waals surface area contributed by atoms with Crippen LogP contribution in [0.15, 0.2) is 97.3 Å². The van der Waals surface area contributed by atoms with Gasteiger partial charge in [-0.05, 0) is 109 Å². The molecule has 0 N–H and O–H groups in total.